The fraction of sp³-hybridized carbons (Fsp3) is 0.333. The molecular weight excluding hydrogens is 374 g/mol. The lowest BCUT2D eigenvalue weighted by Crippen LogP contribution is -2.27. The molecular formula is C21H25N3O3S. The van der Waals surface area contributed by atoms with Crippen molar-refractivity contribution in [3.05, 3.63) is 53.9 Å². The van der Waals surface area contributed by atoms with Crippen LogP contribution in [0.5, 0.6) is 11.5 Å². The summed E-state index contributed by atoms with van der Waals surface area (Å²) >= 11 is 1.56. The van der Waals surface area contributed by atoms with Gasteiger partial charge in [0.15, 0.2) is 0 Å². The largest absolute Gasteiger partial charge is 0.497 e. The van der Waals surface area contributed by atoms with Crippen molar-refractivity contribution in [3.63, 3.8) is 0 Å². The van der Waals surface area contributed by atoms with Gasteiger partial charge in [-0.3, -0.25) is 4.79 Å². The molecule has 7 heteroatoms. The number of nitrogens with one attached hydrogen (secondary N) is 2. The van der Waals surface area contributed by atoms with E-state index < -0.39 is 0 Å². The highest BCUT2D eigenvalue weighted by Gasteiger charge is 2.13. The number of aromatic nitrogens is 2. The van der Waals surface area contributed by atoms with Gasteiger partial charge in [-0.25, -0.2) is 4.98 Å². The fourth-order valence-corrected chi connectivity index (χ4v) is 3.68. The van der Waals surface area contributed by atoms with Crippen LogP contribution >= 0.6 is 11.8 Å². The Labute approximate surface area is 169 Å². The van der Waals surface area contributed by atoms with E-state index in [4.69, 9.17) is 9.47 Å². The number of thioether (sulfide) groups is 1. The molecule has 3 rings (SSSR count). The van der Waals surface area contributed by atoms with Crippen LogP contribution < -0.4 is 14.8 Å². The first kappa shape index (κ1) is 20.1. The number of H-pyrrole nitrogens is 1. The van der Waals surface area contributed by atoms with Gasteiger partial charge in [0, 0.05) is 6.54 Å². The van der Waals surface area contributed by atoms with Gasteiger partial charge in [0.25, 0.3) is 0 Å². The monoisotopic (exact) mass is 399 g/mol. The maximum Gasteiger partial charge on any atom is 0.230 e. The van der Waals surface area contributed by atoms with Crippen molar-refractivity contribution in [1.29, 1.82) is 0 Å². The molecule has 1 atom stereocenters. The summed E-state index contributed by atoms with van der Waals surface area (Å²) in [5.41, 5.74) is 2.97. The summed E-state index contributed by atoms with van der Waals surface area (Å²) < 4.78 is 10.6. The van der Waals surface area contributed by atoms with Crippen LogP contribution in [-0.4, -0.2) is 42.4 Å². The van der Waals surface area contributed by atoms with Gasteiger partial charge in [0.1, 0.15) is 17.3 Å². The Morgan fingerprint density at radius 3 is 2.79 bits per heavy atom. The van der Waals surface area contributed by atoms with E-state index in [0.717, 1.165) is 33.9 Å². The first-order valence-corrected chi connectivity index (χ1v) is 10.2. The maximum atomic E-state index is 12.2. The Kier molecular flexibility index (Phi) is 6.81. The molecule has 0 aliphatic carbocycles. The lowest BCUT2D eigenvalue weighted by molar-refractivity contribution is -0.118. The van der Waals surface area contributed by atoms with Gasteiger partial charge in [-0.05, 0) is 49.2 Å². The molecule has 0 aliphatic heterocycles. The Hall–Kier alpha value is -2.67. The number of amides is 1. The number of hydrogen-bond donors (Lipinski definition) is 2. The topological polar surface area (TPSA) is 76.2 Å². The van der Waals surface area contributed by atoms with Gasteiger partial charge >= 0.3 is 0 Å². The van der Waals surface area contributed by atoms with Crippen LogP contribution in [0.3, 0.4) is 0 Å². The van der Waals surface area contributed by atoms with Gasteiger partial charge in [-0.1, -0.05) is 12.1 Å². The number of ether oxygens (including phenoxy) is 2. The Morgan fingerprint density at radius 2 is 2.04 bits per heavy atom. The maximum absolute atomic E-state index is 12.2. The second-order valence-electron chi connectivity index (χ2n) is 6.37. The molecule has 6 nitrogen and oxygen atoms in total. The molecule has 2 aromatic carbocycles. The van der Waals surface area contributed by atoms with Gasteiger partial charge < -0.3 is 19.8 Å². The number of carbonyl (C=O) groups excluding carboxylic acids is 1. The molecule has 0 fully saturated rings. The standard InChI is InChI=1S/C21H25N3O3S/c1-14(21-23-17-6-4-5-7-18(17)24-21)28-13-20(25)22-11-10-15-12-16(26-2)8-9-19(15)27-3/h4-9,12,14H,10-11,13H2,1-3H3,(H,22,25)(H,23,24). The van der Waals surface area contributed by atoms with E-state index in [1.54, 1.807) is 26.0 Å². The average molecular weight is 400 g/mol. The quantitative estimate of drug-likeness (QED) is 0.573. The van der Waals surface area contributed by atoms with Gasteiger partial charge in [0.2, 0.25) is 5.91 Å². The molecule has 2 N–H and O–H groups in total. The van der Waals surface area contributed by atoms with Crippen molar-refractivity contribution < 1.29 is 14.3 Å². The molecule has 1 aromatic heterocycles. The first-order chi connectivity index (χ1) is 13.6. The number of benzene rings is 2. The summed E-state index contributed by atoms with van der Waals surface area (Å²) in [5, 5.41) is 3.07. The third-order valence-corrected chi connectivity index (χ3v) is 5.61. The molecule has 0 saturated heterocycles. The Bertz CT molecular complexity index is 909. The minimum atomic E-state index is 0.00910. The van der Waals surface area contributed by atoms with E-state index in [9.17, 15) is 4.79 Å². The molecule has 0 radical (unpaired) electrons. The van der Waals surface area contributed by atoms with E-state index in [1.165, 1.54) is 0 Å². The van der Waals surface area contributed by atoms with E-state index in [0.29, 0.717) is 18.7 Å². The summed E-state index contributed by atoms with van der Waals surface area (Å²) in [6.45, 7) is 2.60. The second kappa shape index (κ2) is 9.50. The SMILES string of the molecule is COc1ccc(OC)c(CCNC(=O)CSC(C)c2nc3ccccc3[nH]2)c1. The first-order valence-electron chi connectivity index (χ1n) is 9.14. The van der Waals surface area contributed by atoms with Gasteiger partial charge in [-0.2, -0.15) is 0 Å². The second-order valence-corrected chi connectivity index (χ2v) is 7.70. The van der Waals surface area contributed by atoms with Crippen LogP contribution in [0.2, 0.25) is 0 Å². The number of rotatable bonds is 9. The predicted octanol–water partition coefficient (Wildman–Crippen LogP) is 3.73. The van der Waals surface area contributed by atoms with Gasteiger partial charge in [0.05, 0.1) is 36.3 Å². The molecule has 1 heterocycles. The molecule has 0 spiro atoms. The molecule has 0 bridgehead atoms. The lowest BCUT2D eigenvalue weighted by atomic mass is 10.1. The summed E-state index contributed by atoms with van der Waals surface area (Å²) in [6.07, 6.45) is 0.676. The molecule has 28 heavy (non-hydrogen) atoms. The van der Waals surface area contributed by atoms with Crippen molar-refractivity contribution in [3.8, 4) is 11.5 Å². The number of aromatic amines is 1. The summed E-state index contributed by atoms with van der Waals surface area (Å²) in [4.78, 5) is 20.1. The predicted molar refractivity (Wildman–Crippen MR) is 113 cm³/mol. The number of fused-ring (bicyclic) bond motifs is 1. The van der Waals surface area contributed by atoms with Crippen LogP contribution in [0, 0.1) is 0 Å². The van der Waals surface area contributed by atoms with Gasteiger partial charge in [-0.15, -0.1) is 11.8 Å². The van der Waals surface area contributed by atoms with Crippen LogP contribution in [0.15, 0.2) is 42.5 Å². The summed E-state index contributed by atoms with van der Waals surface area (Å²) in [5.74, 6) is 2.85. The highest BCUT2D eigenvalue weighted by Crippen LogP contribution is 2.27. The van der Waals surface area contributed by atoms with Crippen LogP contribution in [0.1, 0.15) is 23.6 Å². The Morgan fingerprint density at radius 1 is 1.21 bits per heavy atom. The van der Waals surface area contributed by atoms with E-state index in [2.05, 4.69) is 22.2 Å². The third-order valence-electron chi connectivity index (χ3n) is 4.46. The molecule has 3 aromatic rings. The number of carbonyl (C=O) groups is 1. The normalized spacial score (nSPS) is 12.0. The van der Waals surface area contributed by atoms with E-state index in [-0.39, 0.29) is 11.2 Å². The van der Waals surface area contributed by atoms with E-state index in [1.807, 2.05) is 42.5 Å². The van der Waals surface area contributed by atoms with Crippen molar-refractivity contribution in [1.82, 2.24) is 15.3 Å². The number of imidazole rings is 1. The molecule has 1 amide bonds. The smallest absolute Gasteiger partial charge is 0.230 e. The molecule has 1 unspecified atom stereocenters. The van der Waals surface area contributed by atoms with E-state index >= 15 is 0 Å². The number of para-hydroxylation sites is 2. The van der Waals surface area contributed by atoms with Crippen molar-refractivity contribution in [2.45, 2.75) is 18.6 Å². The highest BCUT2D eigenvalue weighted by molar-refractivity contribution is 8.00. The fourth-order valence-electron chi connectivity index (χ4n) is 2.91. The molecule has 148 valence electrons. The summed E-state index contributed by atoms with van der Waals surface area (Å²) in [7, 11) is 3.27. The summed E-state index contributed by atoms with van der Waals surface area (Å²) in [6, 6.07) is 13.6. The third kappa shape index (κ3) is 4.98. The number of hydrogen-bond acceptors (Lipinski definition) is 5. The van der Waals surface area contributed by atoms with Crippen molar-refractivity contribution in [2.24, 2.45) is 0 Å². The zero-order chi connectivity index (χ0) is 19.9. The zero-order valence-electron chi connectivity index (χ0n) is 16.3. The van der Waals surface area contributed by atoms with Crippen LogP contribution in [0.4, 0.5) is 0 Å². The van der Waals surface area contributed by atoms with Crippen LogP contribution in [0.25, 0.3) is 11.0 Å². The minimum absolute atomic E-state index is 0.00910. The van der Waals surface area contributed by atoms with Crippen molar-refractivity contribution in [2.75, 3.05) is 26.5 Å². The highest BCUT2D eigenvalue weighted by atomic mass is 32.2. The number of methoxy groups -OCH3 is 2. The Balaban J connectivity index is 1.47. The zero-order valence-corrected chi connectivity index (χ0v) is 17.1. The molecule has 0 aliphatic rings. The lowest BCUT2D eigenvalue weighted by Gasteiger charge is -2.12. The molecule has 0 saturated carbocycles. The van der Waals surface area contributed by atoms with Crippen LogP contribution in [-0.2, 0) is 11.2 Å². The number of nitrogens with zero attached hydrogens (tertiary/aromatic N) is 1. The average Bonchev–Trinajstić information content (AvgIpc) is 3.16. The van der Waals surface area contributed by atoms with Crippen molar-refractivity contribution >= 4 is 28.7 Å². The minimum Gasteiger partial charge on any atom is -0.497 e.